The average Bonchev–Trinajstić information content (AvgIpc) is 2.66. The molecule has 0 saturated carbocycles. The van der Waals surface area contributed by atoms with E-state index in [-0.39, 0.29) is 18.0 Å². The van der Waals surface area contributed by atoms with Crippen molar-refractivity contribution in [3.05, 3.63) is 71.8 Å². The maximum Gasteiger partial charge on any atom is 0.338 e. The second kappa shape index (κ2) is 9.18. The van der Waals surface area contributed by atoms with Gasteiger partial charge in [0.15, 0.2) is 0 Å². The minimum absolute atomic E-state index is 0.211. The van der Waals surface area contributed by atoms with Crippen molar-refractivity contribution in [1.82, 2.24) is 0 Å². The molecule has 1 unspecified atom stereocenters. The number of ether oxygens (including phenoxy) is 2. The van der Waals surface area contributed by atoms with Crippen LogP contribution < -0.4 is 0 Å². The third kappa shape index (κ3) is 6.03. The molecule has 4 heteroatoms. The summed E-state index contributed by atoms with van der Waals surface area (Å²) in [4.78, 5) is 24.4. The summed E-state index contributed by atoms with van der Waals surface area (Å²) in [5.41, 5.74) is 0.434. The number of rotatable bonds is 8. The topological polar surface area (TPSA) is 52.6 Å². The lowest BCUT2D eigenvalue weighted by molar-refractivity contribution is -0.0154. The minimum Gasteiger partial charge on any atom is -0.459 e. The molecule has 0 aliphatic heterocycles. The Hall–Kier alpha value is -2.62. The highest BCUT2D eigenvalue weighted by molar-refractivity contribution is 5.90. The van der Waals surface area contributed by atoms with Gasteiger partial charge in [0.1, 0.15) is 11.7 Å². The number of hydrogen-bond acceptors (Lipinski definition) is 4. The van der Waals surface area contributed by atoms with Crippen LogP contribution in [0.5, 0.6) is 0 Å². The lowest BCUT2D eigenvalue weighted by atomic mass is 9.98. The third-order valence-corrected chi connectivity index (χ3v) is 4.19. The molecule has 2 rings (SSSR count). The molecule has 0 heterocycles. The summed E-state index contributed by atoms with van der Waals surface area (Å²) in [6, 6.07) is 17.9. The van der Waals surface area contributed by atoms with E-state index in [0.29, 0.717) is 30.4 Å². The molecule has 0 fully saturated rings. The van der Waals surface area contributed by atoms with Crippen LogP contribution in [0.1, 0.15) is 60.7 Å². The fourth-order valence-electron chi connectivity index (χ4n) is 2.58. The average molecular weight is 354 g/mol. The molecule has 0 bridgehead atoms. The van der Waals surface area contributed by atoms with Crippen molar-refractivity contribution in [2.75, 3.05) is 0 Å². The molecule has 2 aromatic rings. The number of benzene rings is 2. The lowest BCUT2D eigenvalue weighted by Gasteiger charge is -2.27. The van der Waals surface area contributed by atoms with Crippen LogP contribution in [0.4, 0.5) is 0 Å². The second-order valence-electron chi connectivity index (χ2n) is 6.86. The van der Waals surface area contributed by atoms with Crippen molar-refractivity contribution in [3.8, 4) is 0 Å². The molecule has 4 nitrogen and oxygen atoms in total. The van der Waals surface area contributed by atoms with Gasteiger partial charge in [0, 0.05) is 0 Å². The zero-order chi connectivity index (χ0) is 19.0. The van der Waals surface area contributed by atoms with Crippen molar-refractivity contribution >= 4 is 11.9 Å². The van der Waals surface area contributed by atoms with E-state index in [4.69, 9.17) is 9.47 Å². The van der Waals surface area contributed by atoms with Crippen molar-refractivity contribution < 1.29 is 19.1 Å². The number of esters is 2. The molecule has 0 saturated heterocycles. The molecule has 1 atom stereocenters. The van der Waals surface area contributed by atoms with E-state index in [2.05, 4.69) is 0 Å². The van der Waals surface area contributed by atoms with Gasteiger partial charge in [-0.2, -0.15) is 0 Å². The van der Waals surface area contributed by atoms with Gasteiger partial charge in [0.05, 0.1) is 11.1 Å². The van der Waals surface area contributed by atoms with Crippen LogP contribution in [0.2, 0.25) is 0 Å². The van der Waals surface area contributed by atoms with Gasteiger partial charge in [-0.05, 0) is 57.4 Å². The minimum atomic E-state index is -0.639. The number of hydrogen-bond donors (Lipinski definition) is 0. The maximum atomic E-state index is 12.2. The second-order valence-corrected chi connectivity index (χ2v) is 6.86. The molecule has 0 spiro atoms. The molecular formula is C22H26O4. The molecule has 0 aliphatic rings. The van der Waals surface area contributed by atoms with Gasteiger partial charge in [-0.25, -0.2) is 9.59 Å². The maximum absolute atomic E-state index is 12.2. The molecule has 0 amide bonds. The van der Waals surface area contributed by atoms with Crippen molar-refractivity contribution in [3.63, 3.8) is 0 Å². The summed E-state index contributed by atoms with van der Waals surface area (Å²) >= 11 is 0. The first-order valence-electron chi connectivity index (χ1n) is 8.95. The van der Waals surface area contributed by atoms with Crippen LogP contribution in [0.3, 0.4) is 0 Å². The van der Waals surface area contributed by atoms with Crippen LogP contribution in [-0.2, 0) is 9.47 Å². The van der Waals surface area contributed by atoms with Gasteiger partial charge in [0.2, 0.25) is 0 Å². The Morgan fingerprint density at radius 1 is 0.885 bits per heavy atom. The lowest BCUT2D eigenvalue weighted by Crippen LogP contribution is -2.30. The quantitative estimate of drug-likeness (QED) is 0.623. The first kappa shape index (κ1) is 19.7. The molecular weight excluding hydrogens is 328 g/mol. The van der Waals surface area contributed by atoms with E-state index < -0.39 is 5.60 Å². The Bertz CT molecular complexity index is 707. The monoisotopic (exact) mass is 354 g/mol. The predicted molar refractivity (Wildman–Crippen MR) is 101 cm³/mol. The fourth-order valence-corrected chi connectivity index (χ4v) is 2.58. The molecule has 0 aliphatic carbocycles. The molecule has 138 valence electrons. The highest BCUT2D eigenvalue weighted by Gasteiger charge is 2.26. The molecule has 2 aromatic carbocycles. The summed E-state index contributed by atoms with van der Waals surface area (Å²) in [5.74, 6) is -0.665. The van der Waals surface area contributed by atoms with Crippen molar-refractivity contribution in [2.45, 2.75) is 51.7 Å². The van der Waals surface area contributed by atoms with E-state index in [0.717, 1.165) is 0 Å². The first-order chi connectivity index (χ1) is 12.4. The summed E-state index contributed by atoms with van der Waals surface area (Å²) in [6.45, 7) is 5.73. The van der Waals surface area contributed by atoms with Crippen molar-refractivity contribution in [2.24, 2.45) is 0 Å². The van der Waals surface area contributed by atoms with E-state index >= 15 is 0 Å². The van der Waals surface area contributed by atoms with E-state index in [9.17, 15) is 9.59 Å². The van der Waals surface area contributed by atoms with E-state index in [1.807, 2.05) is 45.0 Å². The Kier molecular flexibility index (Phi) is 6.96. The standard InChI is InChI=1S/C22H26O4/c1-4-19(25-20(23)17-11-7-5-8-12-17)15-16-22(2,3)26-21(24)18-13-9-6-10-14-18/h5-14,19H,4,15-16H2,1-3H3. The van der Waals surface area contributed by atoms with Gasteiger partial charge in [-0.1, -0.05) is 43.3 Å². The van der Waals surface area contributed by atoms with Gasteiger partial charge >= 0.3 is 11.9 Å². The van der Waals surface area contributed by atoms with Crippen LogP contribution in [0, 0.1) is 0 Å². The summed E-state index contributed by atoms with van der Waals surface area (Å²) in [6.07, 6.45) is 1.73. The predicted octanol–water partition coefficient (Wildman–Crippen LogP) is 5.04. The zero-order valence-electron chi connectivity index (χ0n) is 15.6. The van der Waals surface area contributed by atoms with Crippen LogP contribution >= 0.6 is 0 Å². The number of carbonyl (C=O) groups is 2. The highest BCUT2D eigenvalue weighted by Crippen LogP contribution is 2.22. The smallest absolute Gasteiger partial charge is 0.338 e. The Labute approximate surface area is 155 Å². The van der Waals surface area contributed by atoms with Gasteiger partial charge in [0.25, 0.3) is 0 Å². The first-order valence-corrected chi connectivity index (χ1v) is 8.95. The zero-order valence-corrected chi connectivity index (χ0v) is 15.6. The van der Waals surface area contributed by atoms with Crippen molar-refractivity contribution in [1.29, 1.82) is 0 Å². The van der Waals surface area contributed by atoms with E-state index in [1.54, 1.807) is 36.4 Å². The van der Waals surface area contributed by atoms with Gasteiger partial charge < -0.3 is 9.47 Å². The van der Waals surface area contributed by atoms with Gasteiger partial charge in [-0.3, -0.25) is 0 Å². The Morgan fingerprint density at radius 3 is 1.88 bits per heavy atom. The summed E-state index contributed by atoms with van der Waals surface area (Å²) < 4.78 is 11.2. The van der Waals surface area contributed by atoms with Crippen LogP contribution in [0.15, 0.2) is 60.7 Å². The Balaban J connectivity index is 1.88. The third-order valence-electron chi connectivity index (χ3n) is 4.19. The van der Waals surface area contributed by atoms with Crippen LogP contribution in [0.25, 0.3) is 0 Å². The fraction of sp³-hybridized carbons (Fsp3) is 0.364. The Morgan fingerprint density at radius 2 is 1.38 bits per heavy atom. The summed E-state index contributed by atoms with van der Waals surface area (Å²) in [5, 5.41) is 0. The highest BCUT2D eigenvalue weighted by atomic mass is 16.6. The molecule has 26 heavy (non-hydrogen) atoms. The van der Waals surface area contributed by atoms with Crippen LogP contribution in [-0.4, -0.2) is 23.6 Å². The molecule has 0 N–H and O–H groups in total. The molecule has 0 aromatic heterocycles. The number of carbonyl (C=O) groups excluding carboxylic acids is 2. The molecule has 0 radical (unpaired) electrons. The van der Waals surface area contributed by atoms with E-state index in [1.165, 1.54) is 0 Å². The summed E-state index contributed by atoms with van der Waals surface area (Å²) in [7, 11) is 0. The largest absolute Gasteiger partial charge is 0.459 e. The SMILES string of the molecule is CCC(CCC(C)(C)OC(=O)c1ccccc1)OC(=O)c1ccccc1. The normalized spacial score (nSPS) is 12.3. The van der Waals surface area contributed by atoms with Gasteiger partial charge in [-0.15, -0.1) is 0 Å².